The molecule has 0 bridgehead atoms. The quantitative estimate of drug-likeness (QED) is 0.101. The highest BCUT2D eigenvalue weighted by Gasteiger charge is 2.40. The normalized spacial score (nSPS) is 15.6. The molecule has 0 saturated carbocycles. The van der Waals surface area contributed by atoms with E-state index in [0.29, 0.717) is 0 Å². The SMILES string of the molecule is CC1(C)c2ccccc2-c2ccc(N(c3ccc(C=N/C(C#N)=C(/C#N)N=Cc4ccc(N(c5ccc6c(c5)C(C)(C)c5ccccc5-6)c5ccc6c(c5)C(C)(C)c5ccccc5-6)cc4)cc3)c3ccc4c(c3)C(C)(C)c3ccccc3-4)cc21. The summed E-state index contributed by atoms with van der Waals surface area (Å²) in [6.07, 6.45) is 3.26. The van der Waals surface area contributed by atoms with Crippen molar-refractivity contribution in [3.05, 3.63) is 285 Å². The van der Waals surface area contributed by atoms with E-state index in [9.17, 15) is 10.5 Å². The van der Waals surface area contributed by atoms with Gasteiger partial charge in [0.05, 0.1) is 0 Å². The van der Waals surface area contributed by atoms with E-state index in [2.05, 4.69) is 281 Å². The number of anilines is 6. The van der Waals surface area contributed by atoms with Crippen molar-refractivity contribution in [2.45, 2.75) is 77.0 Å². The molecule has 10 aromatic rings. The van der Waals surface area contributed by atoms with E-state index < -0.39 is 0 Å². The molecule has 0 N–H and O–H groups in total. The number of benzene rings is 10. The summed E-state index contributed by atoms with van der Waals surface area (Å²) in [6, 6.07) is 83.2. The summed E-state index contributed by atoms with van der Waals surface area (Å²) >= 11 is 0. The van der Waals surface area contributed by atoms with E-state index in [0.717, 1.165) is 45.3 Å². The van der Waals surface area contributed by atoms with Crippen molar-refractivity contribution in [1.29, 1.82) is 10.5 Å². The van der Waals surface area contributed by atoms with Gasteiger partial charge in [0.15, 0.2) is 11.4 Å². The zero-order valence-electron chi connectivity index (χ0n) is 48.6. The van der Waals surface area contributed by atoms with Crippen LogP contribution in [-0.4, -0.2) is 12.4 Å². The molecule has 0 heterocycles. The maximum absolute atomic E-state index is 10.4. The van der Waals surface area contributed by atoms with Crippen LogP contribution in [0.15, 0.2) is 240 Å². The highest BCUT2D eigenvalue weighted by atomic mass is 15.1. The molecule has 0 aromatic heterocycles. The van der Waals surface area contributed by atoms with Crippen molar-refractivity contribution in [3.8, 4) is 56.6 Å². The second kappa shape index (κ2) is 19.2. The fourth-order valence-corrected chi connectivity index (χ4v) is 14.2. The van der Waals surface area contributed by atoms with Gasteiger partial charge < -0.3 is 9.80 Å². The van der Waals surface area contributed by atoms with Crippen LogP contribution < -0.4 is 9.80 Å². The van der Waals surface area contributed by atoms with Crippen LogP contribution in [0.4, 0.5) is 34.1 Å². The molecule has 0 aliphatic heterocycles. The smallest absolute Gasteiger partial charge is 0.176 e. The van der Waals surface area contributed by atoms with Crippen LogP contribution in [0.5, 0.6) is 0 Å². The maximum atomic E-state index is 10.4. The molecule has 0 spiro atoms. The van der Waals surface area contributed by atoms with E-state index in [1.165, 1.54) is 89.0 Å². The summed E-state index contributed by atoms with van der Waals surface area (Å²) in [5, 5.41) is 20.9. The minimum atomic E-state index is -0.175. The van der Waals surface area contributed by atoms with Crippen LogP contribution in [0.25, 0.3) is 44.5 Å². The number of hydrogen-bond donors (Lipinski definition) is 0. The average Bonchev–Trinajstić information content (AvgIpc) is 4.31. The molecule has 4 aliphatic rings. The van der Waals surface area contributed by atoms with Crippen molar-refractivity contribution in [2.75, 3.05) is 9.80 Å². The summed E-state index contributed by atoms with van der Waals surface area (Å²) in [5.74, 6) is 0. The minimum Gasteiger partial charge on any atom is -0.310 e. The molecule has 0 fully saturated rings. The number of fused-ring (bicyclic) bond motifs is 12. The lowest BCUT2D eigenvalue weighted by Crippen LogP contribution is -2.18. The third kappa shape index (κ3) is 8.04. The van der Waals surface area contributed by atoms with Gasteiger partial charge in [0.2, 0.25) is 0 Å². The lowest BCUT2D eigenvalue weighted by atomic mass is 9.82. The Morgan fingerprint density at radius 2 is 0.524 bits per heavy atom. The van der Waals surface area contributed by atoms with E-state index in [-0.39, 0.29) is 33.1 Å². The van der Waals surface area contributed by atoms with Crippen molar-refractivity contribution >= 4 is 46.6 Å². The predicted octanol–water partition coefficient (Wildman–Crippen LogP) is 19.6. The Bertz CT molecular complexity index is 4060. The van der Waals surface area contributed by atoms with Crippen molar-refractivity contribution < 1.29 is 0 Å². The van der Waals surface area contributed by atoms with E-state index in [1.807, 2.05) is 24.3 Å². The van der Waals surface area contributed by atoms with Gasteiger partial charge in [0.25, 0.3) is 0 Å². The van der Waals surface area contributed by atoms with Gasteiger partial charge in [0.1, 0.15) is 12.1 Å². The Morgan fingerprint density at radius 3 is 0.774 bits per heavy atom. The van der Waals surface area contributed by atoms with Gasteiger partial charge in [-0.3, -0.25) is 0 Å². The van der Waals surface area contributed by atoms with Gasteiger partial charge in [-0.05, 0) is 173 Å². The molecular weight excluding hydrogens is 1020 g/mol. The number of hydrogen-bond acceptors (Lipinski definition) is 6. The molecule has 6 nitrogen and oxygen atoms in total. The first-order chi connectivity index (χ1) is 40.6. The molecule has 6 heteroatoms. The Kier molecular flexibility index (Phi) is 11.9. The van der Waals surface area contributed by atoms with Crippen LogP contribution in [0.2, 0.25) is 0 Å². The highest BCUT2D eigenvalue weighted by molar-refractivity contribution is 5.92. The average molecular weight is 1080 g/mol. The molecule has 404 valence electrons. The number of nitrogens with zero attached hydrogens (tertiary/aromatic N) is 6. The van der Waals surface area contributed by atoms with Gasteiger partial charge in [-0.25, -0.2) is 9.98 Å². The van der Waals surface area contributed by atoms with E-state index in [4.69, 9.17) is 0 Å². The molecule has 0 saturated heterocycles. The maximum Gasteiger partial charge on any atom is 0.176 e. The summed E-state index contributed by atoms with van der Waals surface area (Å²) < 4.78 is 0. The number of nitriles is 2. The molecule has 84 heavy (non-hydrogen) atoms. The summed E-state index contributed by atoms with van der Waals surface area (Å²) in [4.78, 5) is 13.8. The number of aliphatic imine (C=N–C) groups is 2. The van der Waals surface area contributed by atoms with Gasteiger partial charge in [0, 0.05) is 68.2 Å². The summed E-state index contributed by atoms with van der Waals surface area (Å²) in [5.41, 5.74) is 27.6. The fraction of sp³-hybridized carbons (Fsp3) is 0.154. The number of allylic oxidation sites excluding steroid dienone is 2. The predicted molar refractivity (Wildman–Crippen MR) is 346 cm³/mol. The minimum absolute atomic E-state index is 0.0749. The topological polar surface area (TPSA) is 78.8 Å². The first-order valence-electron chi connectivity index (χ1n) is 29.0. The van der Waals surface area contributed by atoms with E-state index in [1.54, 1.807) is 12.4 Å². The zero-order chi connectivity index (χ0) is 57.9. The first kappa shape index (κ1) is 52.0. The van der Waals surface area contributed by atoms with Crippen LogP contribution in [-0.2, 0) is 21.7 Å². The van der Waals surface area contributed by atoms with E-state index >= 15 is 0 Å². The first-order valence-corrected chi connectivity index (χ1v) is 29.0. The molecule has 10 aromatic carbocycles. The van der Waals surface area contributed by atoms with Crippen LogP contribution in [0, 0.1) is 22.7 Å². The Labute approximate surface area is 493 Å². The zero-order valence-corrected chi connectivity index (χ0v) is 48.6. The molecule has 14 rings (SSSR count). The Morgan fingerprint density at radius 1 is 0.298 bits per heavy atom. The summed E-state index contributed by atoms with van der Waals surface area (Å²) in [6.45, 7) is 18.5. The van der Waals surface area contributed by atoms with Crippen LogP contribution >= 0.6 is 0 Å². The number of rotatable bonds is 10. The third-order valence-electron chi connectivity index (χ3n) is 18.7. The van der Waals surface area contributed by atoms with Crippen LogP contribution in [0.3, 0.4) is 0 Å². The molecule has 0 unspecified atom stereocenters. The van der Waals surface area contributed by atoms with Gasteiger partial charge >= 0.3 is 0 Å². The van der Waals surface area contributed by atoms with Crippen LogP contribution in [0.1, 0.15) is 111 Å². The molecular formula is C78H62N6. The second-order valence-corrected chi connectivity index (χ2v) is 24.9. The summed E-state index contributed by atoms with van der Waals surface area (Å²) in [7, 11) is 0. The van der Waals surface area contributed by atoms with Crippen molar-refractivity contribution in [2.24, 2.45) is 9.98 Å². The highest BCUT2D eigenvalue weighted by Crippen LogP contribution is 2.55. The Hall–Kier alpha value is -10.1. The Balaban J connectivity index is 0.766. The van der Waals surface area contributed by atoms with Crippen molar-refractivity contribution in [3.63, 3.8) is 0 Å². The second-order valence-electron chi connectivity index (χ2n) is 24.9. The van der Waals surface area contributed by atoms with Crippen molar-refractivity contribution in [1.82, 2.24) is 0 Å². The molecule has 0 radical (unpaired) electrons. The molecule has 0 atom stereocenters. The largest absolute Gasteiger partial charge is 0.310 e. The van der Waals surface area contributed by atoms with Gasteiger partial charge in [-0.1, -0.05) is 201 Å². The van der Waals surface area contributed by atoms with Gasteiger partial charge in [-0.2, -0.15) is 10.5 Å². The molecule has 4 aliphatic carbocycles. The lowest BCUT2D eigenvalue weighted by Gasteiger charge is -2.29. The lowest BCUT2D eigenvalue weighted by molar-refractivity contribution is 0.659. The molecule has 0 amide bonds. The van der Waals surface area contributed by atoms with Gasteiger partial charge in [-0.15, -0.1) is 0 Å². The monoisotopic (exact) mass is 1080 g/mol. The fourth-order valence-electron chi connectivity index (χ4n) is 14.2. The standard InChI is InChI=1S/C78H62N6/c1-75(2)65-21-13-9-17-57(65)61-37-33-53(41-69(61)75)83(54-34-38-62-58-18-10-14-22-66(58)76(3,4)70(62)42-54)51-29-25-49(26-30-51)47-81-73(45-79)74(46-80)82-48-50-27-31-52(32-28-50)84(55-35-39-63-59-19-11-15-23-67(59)77(5,6)71(63)43-55)56-36-40-64-60-20-12-16-24-68(60)78(7,8)72(64)44-56/h9-44,47-48H,1-8H3/b74-73-,81-47?,82-48?. The third-order valence-corrected chi connectivity index (χ3v) is 18.7.